The van der Waals surface area contributed by atoms with Gasteiger partial charge in [0.25, 0.3) is 0 Å². The molecule has 2 aliphatic rings. The summed E-state index contributed by atoms with van der Waals surface area (Å²) in [4.78, 5) is 0. The van der Waals surface area contributed by atoms with Crippen LogP contribution in [0, 0.1) is 5.92 Å². The van der Waals surface area contributed by atoms with E-state index < -0.39 is 5.60 Å². The van der Waals surface area contributed by atoms with Gasteiger partial charge in [-0.2, -0.15) is 0 Å². The van der Waals surface area contributed by atoms with Crippen molar-refractivity contribution in [3.05, 3.63) is 0 Å². The van der Waals surface area contributed by atoms with Gasteiger partial charge in [0.2, 0.25) is 0 Å². The Morgan fingerprint density at radius 2 is 2.12 bits per heavy atom. The zero-order chi connectivity index (χ0) is 12.4. The zero-order valence-corrected chi connectivity index (χ0v) is 11.2. The standard InChI is InChI=1S/C14H26O3/c1-3-16-11-13(2,15)12-6-9-17-14(10-12)7-4-5-8-14/h12,15H,3-11H2,1-2H3. The van der Waals surface area contributed by atoms with E-state index in [0.717, 1.165) is 19.4 Å². The molecule has 0 amide bonds. The lowest BCUT2D eigenvalue weighted by atomic mass is 9.76. The highest BCUT2D eigenvalue weighted by atomic mass is 16.5. The number of ether oxygens (including phenoxy) is 2. The van der Waals surface area contributed by atoms with Crippen molar-refractivity contribution in [2.45, 2.75) is 63.6 Å². The van der Waals surface area contributed by atoms with E-state index in [4.69, 9.17) is 9.47 Å². The summed E-state index contributed by atoms with van der Waals surface area (Å²) >= 11 is 0. The van der Waals surface area contributed by atoms with Gasteiger partial charge < -0.3 is 14.6 Å². The van der Waals surface area contributed by atoms with Crippen LogP contribution in [0.25, 0.3) is 0 Å². The van der Waals surface area contributed by atoms with E-state index in [-0.39, 0.29) is 5.60 Å². The predicted molar refractivity (Wildman–Crippen MR) is 67.0 cm³/mol. The summed E-state index contributed by atoms with van der Waals surface area (Å²) in [5.74, 6) is 0.320. The Morgan fingerprint density at radius 3 is 2.76 bits per heavy atom. The van der Waals surface area contributed by atoms with Crippen molar-refractivity contribution in [2.24, 2.45) is 5.92 Å². The van der Waals surface area contributed by atoms with Crippen LogP contribution in [0.2, 0.25) is 0 Å². The number of rotatable bonds is 4. The minimum Gasteiger partial charge on any atom is -0.387 e. The highest BCUT2D eigenvalue weighted by Crippen LogP contribution is 2.44. The lowest BCUT2D eigenvalue weighted by Crippen LogP contribution is -2.48. The number of aliphatic hydroxyl groups is 1. The Labute approximate surface area is 104 Å². The highest BCUT2D eigenvalue weighted by Gasteiger charge is 2.45. The highest BCUT2D eigenvalue weighted by molar-refractivity contribution is 4.96. The molecular weight excluding hydrogens is 216 g/mol. The van der Waals surface area contributed by atoms with Gasteiger partial charge >= 0.3 is 0 Å². The Balaban J connectivity index is 1.96. The number of hydrogen-bond acceptors (Lipinski definition) is 3. The predicted octanol–water partition coefficient (Wildman–Crippen LogP) is 2.51. The maximum absolute atomic E-state index is 10.5. The van der Waals surface area contributed by atoms with E-state index in [0.29, 0.717) is 19.1 Å². The van der Waals surface area contributed by atoms with E-state index in [9.17, 15) is 5.11 Å². The molecule has 17 heavy (non-hydrogen) atoms. The first-order valence-electron chi connectivity index (χ1n) is 7.02. The van der Waals surface area contributed by atoms with Gasteiger partial charge in [-0.15, -0.1) is 0 Å². The summed E-state index contributed by atoms with van der Waals surface area (Å²) in [6.07, 6.45) is 6.87. The number of hydrogen-bond donors (Lipinski definition) is 1. The van der Waals surface area contributed by atoms with Crippen molar-refractivity contribution in [1.29, 1.82) is 0 Å². The molecule has 2 fully saturated rings. The molecule has 0 radical (unpaired) electrons. The second-order valence-corrected chi connectivity index (χ2v) is 5.92. The molecule has 1 spiro atoms. The van der Waals surface area contributed by atoms with Crippen LogP contribution in [0.3, 0.4) is 0 Å². The summed E-state index contributed by atoms with van der Waals surface area (Å²) in [5, 5.41) is 10.5. The molecular formula is C14H26O3. The molecule has 1 saturated carbocycles. The SMILES string of the molecule is CCOCC(C)(O)C1CCOC2(CCCC2)C1. The zero-order valence-electron chi connectivity index (χ0n) is 11.2. The maximum atomic E-state index is 10.5. The molecule has 3 nitrogen and oxygen atoms in total. The summed E-state index contributed by atoms with van der Waals surface area (Å²) in [7, 11) is 0. The van der Waals surface area contributed by atoms with Gasteiger partial charge in [0.05, 0.1) is 17.8 Å². The van der Waals surface area contributed by atoms with Gasteiger partial charge in [0.15, 0.2) is 0 Å². The average Bonchev–Trinajstić information content (AvgIpc) is 2.75. The van der Waals surface area contributed by atoms with Gasteiger partial charge in [-0.1, -0.05) is 12.8 Å². The Bertz CT molecular complexity index is 244. The molecule has 1 N–H and O–H groups in total. The Kier molecular flexibility index (Phi) is 4.11. The molecule has 1 saturated heterocycles. The van der Waals surface area contributed by atoms with Gasteiger partial charge in [0, 0.05) is 13.2 Å². The lowest BCUT2D eigenvalue weighted by Gasteiger charge is -2.43. The molecule has 2 rings (SSSR count). The van der Waals surface area contributed by atoms with Crippen LogP contribution in [0.5, 0.6) is 0 Å². The first-order chi connectivity index (χ1) is 8.08. The molecule has 2 unspecified atom stereocenters. The third-order valence-electron chi connectivity index (χ3n) is 4.49. The Morgan fingerprint density at radius 1 is 1.41 bits per heavy atom. The maximum Gasteiger partial charge on any atom is 0.0882 e. The largest absolute Gasteiger partial charge is 0.387 e. The van der Waals surface area contributed by atoms with E-state index in [1.165, 1.54) is 25.7 Å². The van der Waals surface area contributed by atoms with Crippen LogP contribution in [0.1, 0.15) is 52.4 Å². The van der Waals surface area contributed by atoms with Crippen LogP contribution >= 0.6 is 0 Å². The van der Waals surface area contributed by atoms with Crippen LogP contribution in [-0.2, 0) is 9.47 Å². The normalized spacial score (nSPS) is 31.6. The van der Waals surface area contributed by atoms with E-state index in [1.807, 2.05) is 13.8 Å². The fourth-order valence-corrected chi connectivity index (χ4v) is 3.35. The topological polar surface area (TPSA) is 38.7 Å². The first-order valence-corrected chi connectivity index (χ1v) is 7.02. The molecule has 1 aliphatic heterocycles. The minimum atomic E-state index is -0.699. The third-order valence-corrected chi connectivity index (χ3v) is 4.49. The molecule has 3 heteroatoms. The van der Waals surface area contributed by atoms with Gasteiger partial charge in [-0.25, -0.2) is 0 Å². The van der Waals surface area contributed by atoms with Crippen molar-refractivity contribution < 1.29 is 14.6 Å². The lowest BCUT2D eigenvalue weighted by molar-refractivity contribution is -0.151. The molecule has 1 heterocycles. The second kappa shape index (κ2) is 5.25. The van der Waals surface area contributed by atoms with E-state index in [1.54, 1.807) is 0 Å². The smallest absolute Gasteiger partial charge is 0.0882 e. The second-order valence-electron chi connectivity index (χ2n) is 5.92. The Hall–Kier alpha value is -0.120. The average molecular weight is 242 g/mol. The molecule has 100 valence electrons. The van der Waals surface area contributed by atoms with Crippen molar-refractivity contribution >= 4 is 0 Å². The first kappa shape index (κ1) is 13.3. The van der Waals surface area contributed by atoms with E-state index >= 15 is 0 Å². The molecule has 1 aliphatic carbocycles. The van der Waals surface area contributed by atoms with Crippen LogP contribution in [0.15, 0.2) is 0 Å². The van der Waals surface area contributed by atoms with Gasteiger partial charge in [-0.3, -0.25) is 0 Å². The molecule has 0 aromatic heterocycles. The quantitative estimate of drug-likeness (QED) is 0.823. The van der Waals surface area contributed by atoms with Crippen molar-refractivity contribution in [2.75, 3.05) is 19.8 Å². The summed E-state index contributed by atoms with van der Waals surface area (Å²) in [6, 6.07) is 0. The minimum absolute atomic E-state index is 0.0825. The third kappa shape index (κ3) is 3.01. The monoisotopic (exact) mass is 242 g/mol. The van der Waals surface area contributed by atoms with Crippen LogP contribution in [0.4, 0.5) is 0 Å². The molecule has 0 aromatic carbocycles. The molecule has 0 bridgehead atoms. The fraction of sp³-hybridized carbons (Fsp3) is 1.00. The van der Waals surface area contributed by atoms with Gasteiger partial charge in [-0.05, 0) is 45.4 Å². The molecule has 2 atom stereocenters. The van der Waals surface area contributed by atoms with E-state index in [2.05, 4.69) is 0 Å². The van der Waals surface area contributed by atoms with Crippen LogP contribution in [-0.4, -0.2) is 36.1 Å². The fourth-order valence-electron chi connectivity index (χ4n) is 3.35. The summed E-state index contributed by atoms with van der Waals surface area (Å²) in [5.41, 5.74) is -0.617. The van der Waals surface area contributed by atoms with Crippen molar-refractivity contribution in [3.63, 3.8) is 0 Å². The van der Waals surface area contributed by atoms with Crippen molar-refractivity contribution in [3.8, 4) is 0 Å². The van der Waals surface area contributed by atoms with Crippen molar-refractivity contribution in [1.82, 2.24) is 0 Å². The summed E-state index contributed by atoms with van der Waals surface area (Å²) < 4.78 is 11.4. The molecule has 0 aromatic rings. The van der Waals surface area contributed by atoms with Gasteiger partial charge in [0.1, 0.15) is 0 Å². The van der Waals surface area contributed by atoms with Crippen LogP contribution < -0.4 is 0 Å². The summed E-state index contributed by atoms with van der Waals surface area (Å²) in [6.45, 7) is 5.81.